The number of nitrogens with zero attached hydrogens (tertiary/aromatic N) is 2. The van der Waals surface area contributed by atoms with Crippen LogP contribution in [0.2, 0.25) is 0 Å². The van der Waals surface area contributed by atoms with Crippen molar-refractivity contribution in [3.05, 3.63) is 76.7 Å². The lowest BCUT2D eigenvalue weighted by molar-refractivity contribution is -0.141. The number of rotatable bonds is 8. The van der Waals surface area contributed by atoms with E-state index in [1.807, 2.05) is 24.3 Å². The van der Waals surface area contributed by atoms with Gasteiger partial charge in [-0.15, -0.1) is 0 Å². The van der Waals surface area contributed by atoms with E-state index in [2.05, 4.69) is 22.0 Å². The fourth-order valence-corrected chi connectivity index (χ4v) is 6.26. The number of fused-ring (bicyclic) bond motifs is 1. The maximum absolute atomic E-state index is 15.1. The highest BCUT2D eigenvalue weighted by molar-refractivity contribution is 5.70. The largest absolute Gasteiger partial charge is 0.485 e. The first-order valence-electron chi connectivity index (χ1n) is 14.4. The zero-order valence-electron chi connectivity index (χ0n) is 23.3. The molecule has 7 heteroatoms. The molecule has 40 heavy (non-hydrogen) atoms. The second-order valence-electron chi connectivity index (χ2n) is 11.9. The van der Waals surface area contributed by atoms with Crippen LogP contribution in [0.4, 0.5) is 4.39 Å². The Hall–Kier alpha value is -3.45. The smallest absolute Gasteiger partial charge is 0.306 e. The summed E-state index contributed by atoms with van der Waals surface area (Å²) in [5, 5.41) is 9.33. The quantitative estimate of drug-likeness (QED) is 0.344. The van der Waals surface area contributed by atoms with Gasteiger partial charge in [0.2, 0.25) is 5.88 Å². The highest BCUT2D eigenvalue weighted by Crippen LogP contribution is 2.53. The number of aromatic nitrogens is 1. The van der Waals surface area contributed by atoms with E-state index >= 15 is 4.39 Å². The number of hydrogen-bond acceptors (Lipinski definition) is 5. The average molecular weight is 545 g/mol. The molecule has 6 nitrogen and oxygen atoms in total. The van der Waals surface area contributed by atoms with Crippen molar-refractivity contribution in [1.29, 1.82) is 0 Å². The molecule has 3 heterocycles. The number of ether oxygens (including phenoxy) is 2. The number of aliphatic carboxylic acids is 1. The third-order valence-corrected chi connectivity index (χ3v) is 9.14. The molecule has 2 atom stereocenters. The third kappa shape index (κ3) is 5.57. The van der Waals surface area contributed by atoms with Crippen LogP contribution < -0.4 is 9.47 Å². The number of aryl methyl sites for hydroxylation is 1. The minimum atomic E-state index is -0.798. The van der Waals surface area contributed by atoms with Crippen LogP contribution in [0.15, 0.2) is 48.7 Å². The molecule has 1 spiro atoms. The molecule has 0 unspecified atom stereocenters. The summed E-state index contributed by atoms with van der Waals surface area (Å²) in [7, 11) is 1.54. The fourth-order valence-electron chi connectivity index (χ4n) is 6.26. The molecule has 0 bridgehead atoms. The van der Waals surface area contributed by atoms with Gasteiger partial charge in [0.05, 0.1) is 19.2 Å². The Morgan fingerprint density at radius 1 is 1.15 bits per heavy atom. The maximum atomic E-state index is 15.1. The maximum Gasteiger partial charge on any atom is 0.306 e. The molecule has 1 aliphatic carbocycles. The Morgan fingerprint density at radius 2 is 1.95 bits per heavy atom. The number of halogens is 1. The van der Waals surface area contributed by atoms with E-state index in [9.17, 15) is 9.90 Å². The van der Waals surface area contributed by atoms with E-state index < -0.39 is 11.9 Å². The molecule has 1 saturated carbocycles. The number of hydrogen-bond donors (Lipinski definition) is 1. The van der Waals surface area contributed by atoms with Gasteiger partial charge in [0.1, 0.15) is 17.7 Å². The van der Waals surface area contributed by atoms with E-state index in [1.54, 1.807) is 20.1 Å². The summed E-state index contributed by atoms with van der Waals surface area (Å²) in [5.41, 5.74) is 6.21. The molecule has 6 rings (SSSR count). The van der Waals surface area contributed by atoms with Gasteiger partial charge in [0.25, 0.3) is 0 Å². The van der Waals surface area contributed by atoms with Gasteiger partial charge in [-0.25, -0.2) is 9.37 Å². The Labute approximate surface area is 235 Å². The van der Waals surface area contributed by atoms with Gasteiger partial charge in [-0.05, 0) is 97.3 Å². The van der Waals surface area contributed by atoms with E-state index in [0.29, 0.717) is 23.3 Å². The summed E-state index contributed by atoms with van der Waals surface area (Å²) in [4.78, 5) is 17.9. The summed E-state index contributed by atoms with van der Waals surface area (Å²) >= 11 is 0. The fraction of sp³-hybridized carbons (Fsp3) is 0.455. The van der Waals surface area contributed by atoms with Crippen molar-refractivity contribution in [3.8, 4) is 22.8 Å². The molecule has 2 fully saturated rings. The Bertz CT molecular complexity index is 1410. The minimum Gasteiger partial charge on any atom is -0.485 e. The highest BCUT2D eigenvalue weighted by Gasteiger charge is 2.44. The topological polar surface area (TPSA) is 71.9 Å². The van der Waals surface area contributed by atoms with Crippen molar-refractivity contribution in [2.24, 2.45) is 11.3 Å². The van der Waals surface area contributed by atoms with Crippen molar-refractivity contribution < 1.29 is 23.8 Å². The normalized spacial score (nSPS) is 20.4. The molecule has 2 aromatic carbocycles. The number of benzene rings is 2. The van der Waals surface area contributed by atoms with Crippen molar-refractivity contribution in [1.82, 2.24) is 9.88 Å². The summed E-state index contributed by atoms with van der Waals surface area (Å²) < 4.78 is 26.9. The molecule has 0 amide bonds. The monoisotopic (exact) mass is 544 g/mol. The number of carboxylic acids is 1. The van der Waals surface area contributed by atoms with Crippen LogP contribution in [0.3, 0.4) is 0 Å². The number of methoxy groups -OCH3 is 1. The van der Waals surface area contributed by atoms with Crippen molar-refractivity contribution in [2.75, 3.05) is 20.2 Å². The predicted octanol–water partition coefficient (Wildman–Crippen LogP) is 6.60. The van der Waals surface area contributed by atoms with Crippen molar-refractivity contribution in [3.63, 3.8) is 0 Å². The second kappa shape index (κ2) is 10.8. The third-order valence-electron chi connectivity index (χ3n) is 9.14. The van der Waals surface area contributed by atoms with Gasteiger partial charge in [0, 0.05) is 18.2 Å². The van der Waals surface area contributed by atoms with Crippen LogP contribution in [0.5, 0.6) is 11.6 Å². The summed E-state index contributed by atoms with van der Waals surface area (Å²) in [5.74, 6) is -0.401. The number of carbonyl (C=O) groups is 1. The number of likely N-dealkylation sites (tertiary alicyclic amines) is 1. The van der Waals surface area contributed by atoms with Crippen LogP contribution in [0.1, 0.15) is 67.4 Å². The first-order valence-corrected chi connectivity index (χ1v) is 14.4. The van der Waals surface area contributed by atoms with Gasteiger partial charge in [0.15, 0.2) is 0 Å². The predicted molar refractivity (Wildman–Crippen MR) is 151 cm³/mol. The standard InChI is InChI=1S/C33H37FN2O4/c1-21(32(37)38)15-22-3-4-23-6-8-29(40-30(23)16-22)24-5-7-26(27-18-31(39-2)35-19-28(27)34)25(17-24)20-36-13-11-33(9-10-33)12-14-36/h3-5,7,16-19,21,29H,6,8-15,20H2,1-2H3,(H,37,38)/t21-,29-/m0/s1. The van der Waals surface area contributed by atoms with E-state index in [4.69, 9.17) is 9.47 Å². The molecular weight excluding hydrogens is 507 g/mol. The minimum absolute atomic E-state index is 0.125. The molecule has 0 radical (unpaired) electrons. The van der Waals surface area contributed by atoms with Gasteiger partial charge >= 0.3 is 5.97 Å². The Kier molecular flexibility index (Phi) is 7.26. The highest BCUT2D eigenvalue weighted by atomic mass is 19.1. The summed E-state index contributed by atoms with van der Waals surface area (Å²) in [6.45, 7) is 4.61. The second-order valence-corrected chi connectivity index (χ2v) is 11.9. The van der Waals surface area contributed by atoms with Gasteiger partial charge in [-0.2, -0.15) is 0 Å². The van der Waals surface area contributed by atoms with Crippen LogP contribution >= 0.6 is 0 Å². The van der Waals surface area contributed by atoms with E-state index in [0.717, 1.165) is 66.0 Å². The molecule has 3 aliphatic rings. The summed E-state index contributed by atoms with van der Waals surface area (Å²) in [6.07, 6.45) is 8.51. The molecule has 1 saturated heterocycles. The molecule has 1 N–H and O–H groups in total. The Balaban J connectivity index is 1.29. The molecule has 2 aliphatic heterocycles. The number of pyridine rings is 1. The van der Waals surface area contributed by atoms with Crippen molar-refractivity contribution in [2.45, 2.75) is 64.5 Å². The first-order chi connectivity index (χ1) is 19.3. The lowest BCUT2D eigenvalue weighted by Crippen LogP contribution is -2.34. The lowest BCUT2D eigenvalue weighted by atomic mass is 9.90. The Morgan fingerprint density at radius 3 is 2.67 bits per heavy atom. The van der Waals surface area contributed by atoms with Gasteiger partial charge in [-0.3, -0.25) is 9.69 Å². The number of piperidine rings is 1. The van der Waals surface area contributed by atoms with Gasteiger partial charge in [-0.1, -0.05) is 37.3 Å². The summed E-state index contributed by atoms with van der Waals surface area (Å²) in [6, 6.07) is 14.0. The van der Waals surface area contributed by atoms with Crippen LogP contribution in [0, 0.1) is 17.2 Å². The van der Waals surface area contributed by atoms with E-state index in [1.165, 1.54) is 31.9 Å². The molecule has 1 aromatic heterocycles. The lowest BCUT2D eigenvalue weighted by Gasteiger charge is -2.33. The van der Waals surface area contributed by atoms with Crippen LogP contribution in [-0.4, -0.2) is 41.2 Å². The zero-order chi connectivity index (χ0) is 27.9. The van der Waals surface area contributed by atoms with Gasteiger partial charge < -0.3 is 14.6 Å². The first kappa shape index (κ1) is 26.8. The van der Waals surface area contributed by atoms with Crippen LogP contribution in [0.25, 0.3) is 11.1 Å². The zero-order valence-corrected chi connectivity index (χ0v) is 23.3. The molecule has 3 aromatic rings. The van der Waals surface area contributed by atoms with Crippen LogP contribution in [-0.2, 0) is 24.2 Å². The average Bonchev–Trinajstić information content (AvgIpc) is 3.73. The van der Waals surface area contributed by atoms with E-state index in [-0.39, 0.29) is 11.9 Å². The SMILES string of the molecule is COc1cc(-c2ccc([C@@H]3CCc4ccc(C[C@H](C)C(=O)O)cc4O3)cc2CN2CCC3(CC2)CC3)c(F)cn1. The van der Waals surface area contributed by atoms with Crippen molar-refractivity contribution >= 4 is 5.97 Å². The molecular formula is C33H37FN2O4. The number of carboxylic acid groups (broad SMARTS) is 1. The molecule has 210 valence electrons.